The van der Waals surface area contributed by atoms with Crippen LogP contribution in [0.15, 0.2) is 48.5 Å². The summed E-state index contributed by atoms with van der Waals surface area (Å²) in [6.07, 6.45) is 0.711. The van der Waals surface area contributed by atoms with E-state index < -0.39 is 0 Å². The fourth-order valence-electron chi connectivity index (χ4n) is 3.04. The van der Waals surface area contributed by atoms with Crippen molar-refractivity contribution in [2.75, 3.05) is 6.54 Å². The number of imidazole rings is 1. The predicted molar refractivity (Wildman–Crippen MR) is 106 cm³/mol. The third-order valence-electron chi connectivity index (χ3n) is 4.47. The van der Waals surface area contributed by atoms with Crippen LogP contribution >= 0.6 is 0 Å². The van der Waals surface area contributed by atoms with Gasteiger partial charge in [0.05, 0.1) is 11.0 Å². The lowest BCUT2D eigenvalue weighted by molar-refractivity contribution is -0.128. The van der Waals surface area contributed by atoms with Crippen LogP contribution in [0.3, 0.4) is 0 Å². The van der Waals surface area contributed by atoms with Crippen LogP contribution in [0, 0.1) is 12.3 Å². The number of hydrogen-bond donors (Lipinski definition) is 1. The topological polar surface area (TPSA) is 46.9 Å². The maximum absolute atomic E-state index is 12.1. The molecular weight excluding hydrogens is 322 g/mol. The Hall–Kier alpha value is -2.62. The summed E-state index contributed by atoms with van der Waals surface area (Å²) in [4.78, 5) is 16.9. The molecule has 0 aliphatic rings. The second kappa shape index (κ2) is 7.32. The fraction of sp³-hybridized carbons (Fsp3) is 0.364. The summed E-state index contributed by atoms with van der Waals surface area (Å²) in [5.41, 5.74) is 4.27. The van der Waals surface area contributed by atoms with E-state index in [0.717, 1.165) is 23.4 Å². The number of fused-ring (bicyclic) bond motifs is 1. The summed E-state index contributed by atoms with van der Waals surface area (Å²) in [7, 11) is 0. The van der Waals surface area contributed by atoms with Gasteiger partial charge in [0.25, 0.3) is 0 Å². The first-order chi connectivity index (χ1) is 12.3. The smallest absolute Gasteiger partial charge is 0.225 e. The number of rotatable bonds is 5. The molecule has 3 aromatic rings. The van der Waals surface area contributed by atoms with Crippen LogP contribution in [0.2, 0.25) is 0 Å². The van der Waals surface area contributed by atoms with Crippen LogP contribution in [0.4, 0.5) is 0 Å². The molecule has 26 heavy (non-hydrogen) atoms. The van der Waals surface area contributed by atoms with Crippen LogP contribution in [0.1, 0.15) is 37.7 Å². The summed E-state index contributed by atoms with van der Waals surface area (Å²) in [6.45, 7) is 9.26. The van der Waals surface area contributed by atoms with E-state index >= 15 is 0 Å². The molecule has 0 aliphatic heterocycles. The molecule has 1 heterocycles. The SMILES string of the molecule is Cc1cccc(Cn2c(CCNC(=O)C(C)(C)C)nc3ccccc32)c1. The molecule has 0 saturated heterocycles. The van der Waals surface area contributed by atoms with Crippen molar-refractivity contribution >= 4 is 16.9 Å². The molecule has 1 amide bonds. The molecule has 0 saturated carbocycles. The van der Waals surface area contributed by atoms with Gasteiger partial charge in [0.2, 0.25) is 5.91 Å². The highest BCUT2D eigenvalue weighted by Crippen LogP contribution is 2.19. The van der Waals surface area contributed by atoms with Crippen molar-refractivity contribution in [3.05, 3.63) is 65.5 Å². The molecule has 3 rings (SSSR count). The van der Waals surface area contributed by atoms with E-state index in [2.05, 4.69) is 47.1 Å². The monoisotopic (exact) mass is 349 g/mol. The fourth-order valence-corrected chi connectivity index (χ4v) is 3.04. The number of carbonyl (C=O) groups excluding carboxylic acids is 1. The quantitative estimate of drug-likeness (QED) is 0.754. The Morgan fingerprint density at radius 3 is 2.62 bits per heavy atom. The number of aromatic nitrogens is 2. The standard InChI is InChI=1S/C22H27N3O/c1-16-8-7-9-17(14-16)15-25-19-11-6-5-10-18(19)24-20(25)12-13-23-21(26)22(2,3)4/h5-11,14H,12-13,15H2,1-4H3,(H,23,26). The van der Waals surface area contributed by atoms with Crippen molar-refractivity contribution in [2.24, 2.45) is 5.41 Å². The highest BCUT2D eigenvalue weighted by atomic mass is 16.2. The Morgan fingerprint density at radius 2 is 1.88 bits per heavy atom. The highest BCUT2D eigenvalue weighted by Gasteiger charge is 2.20. The third-order valence-corrected chi connectivity index (χ3v) is 4.47. The van der Waals surface area contributed by atoms with Gasteiger partial charge in [0.1, 0.15) is 5.82 Å². The second-order valence-corrected chi connectivity index (χ2v) is 7.85. The molecule has 0 aliphatic carbocycles. The number of carbonyl (C=O) groups is 1. The lowest BCUT2D eigenvalue weighted by Crippen LogP contribution is -2.36. The number of aryl methyl sites for hydroxylation is 1. The van der Waals surface area contributed by atoms with Crippen molar-refractivity contribution in [3.8, 4) is 0 Å². The molecule has 136 valence electrons. The summed E-state index contributed by atoms with van der Waals surface area (Å²) >= 11 is 0. The van der Waals surface area contributed by atoms with E-state index in [9.17, 15) is 4.79 Å². The maximum Gasteiger partial charge on any atom is 0.225 e. The molecule has 0 unspecified atom stereocenters. The van der Waals surface area contributed by atoms with Gasteiger partial charge in [-0.3, -0.25) is 4.79 Å². The van der Waals surface area contributed by atoms with Crippen molar-refractivity contribution in [3.63, 3.8) is 0 Å². The molecule has 0 fully saturated rings. The summed E-state index contributed by atoms with van der Waals surface area (Å²) in [6, 6.07) is 16.8. The van der Waals surface area contributed by atoms with Crippen molar-refractivity contribution < 1.29 is 4.79 Å². The zero-order valence-electron chi connectivity index (χ0n) is 16.0. The van der Waals surface area contributed by atoms with Crippen LogP contribution in [-0.4, -0.2) is 22.0 Å². The molecule has 4 heteroatoms. The van der Waals surface area contributed by atoms with Gasteiger partial charge < -0.3 is 9.88 Å². The van der Waals surface area contributed by atoms with Gasteiger partial charge in [-0.2, -0.15) is 0 Å². The highest BCUT2D eigenvalue weighted by molar-refractivity contribution is 5.81. The first-order valence-electron chi connectivity index (χ1n) is 9.12. The van der Waals surface area contributed by atoms with Gasteiger partial charge in [-0.05, 0) is 24.6 Å². The number of benzene rings is 2. The molecule has 2 aromatic carbocycles. The summed E-state index contributed by atoms with van der Waals surface area (Å²) < 4.78 is 2.26. The van der Waals surface area contributed by atoms with Gasteiger partial charge in [-0.25, -0.2) is 4.98 Å². The molecule has 1 N–H and O–H groups in total. The van der Waals surface area contributed by atoms with Gasteiger partial charge >= 0.3 is 0 Å². The lowest BCUT2D eigenvalue weighted by Gasteiger charge is -2.17. The number of amides is 1. The van der Waals surface area contributed by atoms with E-state index in [0.29, 0.717) is 13.0 Å². The Labute approximate surface area is 155 Å². The van der Waals surface area contributed by atoms with E-state index in [-0.39, 0.29) is 11.3 Å². The lowest BCUT2D eigenvalue weighted by atomic mass is 9.96. The molecule has 0 bridgehead atoms. The van der Waals surface area contributed by atoms with Gasteiger partial charge in [-0.1, -0.05) is 62.7 Å². The average molecular weight is 349 g/mol. The molecule has 0 radical (unpaired) electrons. The molecule has 4 nitrogen and oxygen atoms in total. The molecule has 1 aromatic heterocycles. The Bertz CT molecular complexity index is 919. The molecule has 0 atom stereocenters. The van der Waals surface area contributed by atoms with Crippen LogP contribution in [-0.2, 0) is 17.8 Å². The number of nitrogens with one attached hydrogen (secondary N) is 1. The third kappa shape index (κ3) is 4.13. The minimum Gasteiger partial charge on any atom is -0.355 e. The Balaban J connectivity index is 1.84. The van der Waals surface area contributed by atoms with Crippen molar-refractivity contribution in [1.29, 1.82) is 0 Å². The van der Waals surface area contributed by atoms with E-state index in [4.69, 9.17) is 4.98 Å². The Morgan fingerprint density at radius 1 is 1.12 bits per heavy atom. The summed E-state index contributed by atoms with van der Waals surface area (Å²) in [5.74, 6) is 1.07. The van der Waals surface area contributed by atoms with Crippen LogP contribution in [0.5, 0.6) is 0 Å². The number of hydrogen-bond acceptors (Lipinski definition) is 2. The second-order valence-electron chi connectivity index (χ2n) is 7.85. The first-order valence-corrected chi connectivity index (χ1v) is 9.12. The zero-order valence-corrected chi connectivity index (χ0v) is 16.0. The van der Waals surface area contributed by atoms with E-state index in [1.54, 1.807) is 0 Å². The van der Waals surface area contributed by atoms with Gasteiger partial charge in [0, 0.05) is 24.9 Å². The van der Waals surface area contributed by atoms with E-state index in [1.807, 2.05) is 39.0 Å². The number of nitrogens with zero attached hydrogens (tertiary/aromatic N) is 2. The van der Waals surface area contributed by atoms with Crippen molar-refractivity contribution in [1.82, 2.24) is 14.9 Å². The van der Waals surface area contributed by atoms with E-state index in [1.165, 1.54) is 11.1 Å². The number of para-hydroxylation sites is 2. The largest absolute Gasteiger partial charge is 0.355 e. The molecular formula is C22H27N3O. The van der Waals surface area contributed by atoms with Crippen LogP contribution < -0.4 is 5.32 Å². The zero-order chi connectivity index (χ0) is 18.7. The first kappa shape index (κ1) is 18.2. The van der Waals surface area contributed by atoms with Gasteiger partial charge in [-0.15, -0.1) is 0 Å². The van der Waals surface area contributed by atoms with Crippen molar-refractivity contribution in [2.45, 2.75) is 40.7 Å². The normalized spacial score (nSPS) is 11.7. The minimum atomic E-state index is -0.373. The Kier molecular flexibility index (Phi) is 5.12. The average Bonchev–Trinajstić information content (AvgIpc) is 2.92. The van der Waals surface area contributed by atoms with Crippen LogP contribution in [0.25, 0.3) is 11.0 Å². The molecule has 0 spiro atoms. The maximum atomic E-state index is 12.1. The minimum absolute atomic E-state index is 0.0684. The van der Waals surface area contributed by atoms with Gasteiger partial charge in [0.15, 0.2) is 0 Å². The predicted octanol–water partition coefficient (Wildman–Crippen LogP) is 4.10. The summed E-state index contributed by atoms with van der Waals surface area (Å²) in [5, 5.41) is 3.02.